The maximum absolute atomic E-state index is 8.94. The van der Waals surface area contributed by atoms with Gasteiger partial charge in [0.15, 0.2) is 0 Å². The van der Waals surface area contributed by atoms with Gasteiger partial charge in [0.05, 0.1) is 34.4 Å². The topological polar surface area (TPSA) is 52.3 Å². The Morgan fingerprint density at radius 1 is 1.13 bits per heavy atom. The van der Waals surface area contributed by atoms with E-state index in [-0.39, 0.29) is 24.8 Å². The van der Waals surface area contributed by atoms with Crippen molar-refractivity contribution in [1.82, 2.24) is 9.88 Å². The van der Waals surface area contributed by atoms with Crippen molar-refractivity contribution in [3.63, 3.8) is 0 Å². The van der Waals surface area contributed by atoms with Crippen molar-refractivity contribution in [2.45, 2.75) is 27.2 Å². The highest BCUT2D eigenvalue weighted by Crippen LogP contribution is 2.28. The molecule has 0 radical (unpaired) electrons. The number of nitriles is 1. The summed E-state index contributed by atoms with van der Waals surface area (Å²) >= 11 is 1.68. The van der Waals surface area contributed by atoms with Crippen LogP contribution in [0.25, 0.3) is 11.3 Å². The van der Waals surface area contributed by atoms with Crippen LogP contribution in [0.4, 0.5) is 5.69 Å². The van der Waals surface area contributed by atoms with Crippen LogP contribution in [0, 0.1) is 25.2 Å². The highest BCUT2D eigenvalue weighted by atomic mass is 35.5. The monoisotopic (exact) mass is 460 g/mol. The maximum atomic E-state index is 8.94. The van der Waals surface area contributed by atoms with Crippen molar-refractivity contribution < 1.29 is 0 Å². The normalized spacial score (nSPS) is 10.2. The molecule has 0 aliphatic rings. The lowest BCUT2D eigenvalue weighted by molar-refractivity contribution is 0.552. The molecule has 0 spiro atoms. The second kappa shape index (κ2) is 11.7. The van der Waals surface area contributed by atoms with E-state index in [4.69, 9.17) is 10.2 Å². The summed E-state index contributed by atoms with van der Waals surface area (Å²) in [6.45, 7) is 7.32. The largest absolute Gasteiger partial charge is 0.366 e. The van der Waals surface area contributed by atoms with E-state index in [1.807, 2.05) is 37.7 Å². The number of hydrogen-bond acceptors (Lipinski definition) is 4. The average Bonchev–Trinajstić information content (AvgIpc) is 3.17. The lowest BCUT2D eigenvalue weighted by Gasteiger charge is -2.11. The maximum Gasteiger partial charge on any atom is 0.0991 e. The van der Waals surface area contributed by atoms with Gasteiger partial charge in [0.25, 0.3) is 0 Å². The highest BCUT2D eigenvalue weighted by molar-refractivity contribution is 7.10. The number of benzene rings is 2. The summed E-state index contributed by atoms with van der Waals surface area (Å²) < 4.78 is 0. The summed E-state index contributed by atoms with van der Waals surface area (Å²) in [5.74, 6) is 0. The van der Waals surface area contributed by atoms with Gasteiger partial charge in [-0.2, -0.15) is 5.26 Å². The van der Waals surface area contributed by atoms with E-state index in [0.29, 0.717) is 5.56 Å². The van der Waals surface area contributed by atoms with Gasteiger partial charge in [-0.1, -0.05) is 12.1 Å². The third-order valence-corrected chi connectivity index (χ3v) is 5.62. The summed E-state index contributed by atoms with van der Waals surface area (Å²) in [5, 5.41) is 12.1. The molecule has 1 aromatic heterocycles. The number of rotatable bonds is 6. The number of hydrogen-bond donors (Lipinski definition) is 0. The predicted octanol–water partition coefficient (Wildman–Crippen LogP) is 6.34. The molecule has 0 aliphatic carbocycles. The van der Waals surface area contributed by atoms with Crippen LogP contribution < -0.4 is 0 Å². The quantitative estimate of drug-likeness (QED) is 0.318. The van der Waals surface area contributed by atoms with E-state index in [0.717, 1.165) is 34.9 Å². The van der Waals surface area contributed by atoms with E-state index >= 15 is 0 Å². The van der Waals surface area contributed by atoms with Crippen LogP contribution in [0.5, 0.6) is 0 Å². The van der Waals surface area contributed by atoms with Gasteiger partial charge in [-0.05, 0) is 61.7 Å². The fraction of sp³-hybridized carbons (Fsp3) is 0.261. The van der Waals surface area contributed by atoms with Gasteiger partial charge >= 0.3 is 0 Å². The van der Waals surface area contributed by atoms with Crippen LogP contribution in [0.1, 0.15) is 34.2 Å². The Morgan fingerprint density at radius 2 is 1.77 bits per heavy atom. The Kier molecular flexibility index (Phi) is 10.0. The van der Waals surface area contributed by atoms with Gasteiger partial charge in [0.2, 0.25) is 0 Å². The molecule has 0 atom stereocenters. The van der Waals surface area contributed by atoms with Gasteiger partial charge in [-0.3, -0.25) is 0 Å². The molecule has 0 bridgehead atoms. The van der Waals surface area contributed by atoms with Crippen LogP contribution in [-0.2, 0) is 6.42 Å². The van der Waals surface area contributed by atoms with Crippen molar-refractivity contribution in [2.75, 3.05) is 13.6 Å². The summed E-state index contributed by atoms with van der Waals surface area (Å²) in [6, 6.07) is 14.0. The zero-order valence-electron chi connectivity index (χ0n) is 17.5. The van der Waals surface area contributed by atoms with Gasteiger partial charge < -0.3 is 4.90 Å². The number of halogens is 2. The first-order valence-electron chi connectivity index (χ1n) is 9.29. The van der Waals surface area contributed by atoms with Crippen LogP contribution in [0.2, 0.25) is 0 Å². The first kappa shape index (κ1) is 25.6. The first-order valence-corrected chi connectivity index (χ1v) is 10.2. The lowest BCUT2D eigenvalue weighted by Crippen LogP contribution is -2.14. The minimum atomic E-state index is 0. The fourth-order valence-corrected chi connectivity index (χ4v) is 3.78. The molecular formula is C23H26Cl2N4S. The van der Waals surface area contributed by atoms with Gasteiger partial charge in [0, 0.05) is 31.0 Å². The zero-order chi connectivity index (χ0) is 20.1. The summed E-state index contributed by atoms with van der Waals surface area (Å²) in [5.41, 5.74) is 7.43. The fourth-order valence-electron chi connectivity index (χ4n) is 2.96. The Labute approximate surface area is 195 Å². The molecule has 7 heteroatoms. The van der Waals surface area contributed by atoms with Crippen LogP contribution >= 0.6 is 36.2 Å². The van der Waals surface area contributed by atoms with Crippen molar-refractivity contribution in [3.05, 3.63) is 69.0 Å². The van der Waals surface area contributed by atoms with Crippen LogP contribution in [-0.4, -0.2) is 29.8 Å². The average molecular weight is 461 g/mol. The Morgan fingerprint density at radius 3 is 2.33 bits per heavy atom. The molecule has 0 N–H and O–H groups in total. The zero-order valence-corrected chi connectivity index (χ0v) is 20.0. The van der Waals surface area contributed by atoms with Crippen LogP contribution in [0.15, 0.2) is 46.8 Å². The van der Waals surface area contributed by atoms with Crippen LogP contribution in [0.3, 0.4) is 0 Å². The van der Waals surface area contributed by atoms with Crippen molar-refractivity contribution >= 4 is 48.2 Å². The third kappa shape index (κ3) is 6.30. The number of nitrogens with zero attached hydrogens (tertiary/aromatic N) is 4. The molecule has 158 valence electrons. The molecule has 0 fully saturated rings. The lowest BCUT2D eigenvalue weighted by atomic mass is 9.99. The molecule has 1 heterocycles. The second-order valence-corrected chi connectivity index (χ2v) is 7.81. The molecule has 0 unspecified atom stereocenters. The second-order valence-electron chi connectivity index (χ2n) is 6.87. The van der Waals surface area contributed by atoms with Gasteiger partial charge in [0.1, 0.15) is 0 Å². The number of thiazole rings is 1. The minimum absolute atomic E-state index is 0. The van der Waals surface area contributed by atoms with E-state index in [1.54, 1.807) is 11.3 Å². The molecule has 4 nitrogen and oxygen atoms in total. The molecule has 0 saturated heterocycles. The Hall–Kier alpha value is -2.39. The Bertz CT molecular complexity index is 1010. The van der Waals surface area contributed by atoms with Gasteiger partial charge in [-0.15, -0.1) is 36.2 Å². The smallest absolute Gasteiger partial charge is 0.0991 e. The summed E-state index contributed by atoms with van der Waals surface area (Å²) in [6.07, 6.45) is 2.69. The van der Waals surface area contributed by atoms with E-state index in [1.165, 1.54) is 16.7 Å². The molecule has 3 aromatic rings. The molecule has 3 rings (SSSR count). The van der Waals surface area contributed by atoms with Crippen molar-refractivity contribution in [3.8, 4) is 17.3 Å². The van der Waals surface area contributed by atoms with E-state index < -0.39 is 0 Å². The molecule has 0 amide bonds. The van der Waals surface area contributed by atoms with Gasteiger partial charge in [-0.25, -0.2) is 9.98 Å². The first-order chi connectivity index (χ1) is 13.5. The molecular weight excluding hydrogens is 435 g/mol. The van der Waals surface area contributed by atoms with E-state index in [9.17, 15) is 0 Å². The van der Waals surface area contributed by atoms with E-state index in [2.05, 4.69) is 54.2 Å². The number of aryl methyl sites for hydroxylation is 2. The molecule has 2 aromatic carbocycles. The molecule has 0 saturated carbocycles. The minimum Gasteiger partial charge on any atom is -0.366 e. The van der Waals surface area contributed by atoms with Crippen molar-refractivity contribution in [2.24, 2.45) is 4.99 Å². The molecule has 30 heavy (non-hydrogen) atoms. The number of aliphatic imine (C=N–C) groups is 1. The predicted molar refractivity (Wildman–Crippen MR) is 132 cm³/mol. The highest BCUT2D eigenvalue weighted by Gasteiger charge is 2.10. The summed E-state index contributed by atoms with van der Waals surface area (Å²) in [4.78, 5) is 11.4. The summed E-state index contributed by atoms with van der Waals surface area (Å²) in [7, 11) is 2.02. The molecule has 0 aliphatic heterocycles. The van der Waals surface area contributed by atoms with Crippen molar-refractivity contribution in [1.29, 1.82) is 5.26 Å². The third-order valence-electron chi connectivity index (χ3n) is 4.77. The standard InChI is InChI=1S/C23H24N4S.2ClH/c1-5-27(4)15-25-20-10-16(2)21(17(3)11-20)12-23-26-22(14-28-23)19-8-6-18(13-24)7-9-19;;/h6-11,14-15H,5,12H2,1-4H3;2*1H. The SMILES string of the molecule is CCN(C)C=Nc1cc(C)c(Cc2nc(-c3ccc(C#N)cc3)cs2)c(C)c1.Cl.Cl. The Balaban J connectivity index is 0.00000225. The number of aromatic nitrogens is 1.